The molecule has 196 valence electrons. The third kappa shape index (κ3) is 7.99. The van der Waals surface area contributed by atoms with E-state index in [0.29, 0.717) is 37.3 Å². The molecule has 2 aliphatic heterocycles. The zero-order valence-corrected chi connectivity index (χ0v) is 23.6. The van der Waals surface area contributed by atoms with Gasteiger partial charge in [-0.2, -0.15) is 0 Å². The average molecular weight is 489 g/mol. The quantitative estimate of drug-likeness (QED) is 0.235. The van der Waals surface area contributed by atoms with E-state index < -0.39 is 8.56 Å². The molecule has 0 amide bonds. The van der Waals surface area contributed by atoms with Crippen molar-refractivity contribution in [2.24, 2.45) is 11.8 Å². The predicted octanol–water partition coefficient (Wildman–Crippen LogP) is 5.58. The minimum Gasteiger partial charge on any atom is -0.389 e. The summed E-state index contributed by atoms with van der Waals surface area (Å²) >= 11 is 0. The normalized spacial score (nSPS) is 24.9. The molecule has 0 saturated carbocycles. The van der Waals surface area contributed by atoms with Gasteiger partial charge in [-0.25, -0.2) is 0 Å². The molecule has 0 aromatic carbocycles. The highest BCUT2D eigenvalue weighted by molar-refractivity contribution is 6.70. The SMILES string of the molecule is CCC(COC(CC)[Si](OC(C)C)(OC(C)C)C(CC)OCC(CC)C1CCO1)C1CCO1. The molecular weight excluding hydrogens is 436 g/mol. The van der Waals surface area contributed by atoms with Crippen molar-refractivity contribution in [1.82, 2.24) is 0 Å². The van der Waals surface area contributed by atoms with Crippen molar-refractivity contribution in [3.8, 4) is 0 Å². The minimum absolute atomic E-state index is 0.0413. The molecule has 33 heavy (non-hydrogen) atoms. The Kier molecular flexibility index (Phi) is 12.8. The van der Waals surface area contributed by atoms with Crippen molar-refractivity contribution in [3.63, 3.8) is 0 Å². The Morgan fingerprint density at radius 2 is 1.03 bits per heavy atom. The highest BCUT2D eigenvalue weighted by Crippen LogP contribution is 2.33. The fraction of sp³-hybridized carbons (Fsp3) is 1.00. The van der Waals surface area contributed by atoms with E-state index in [4.69, 9.17) is 27.8 Å². The van der Waals surface area contributed by atoms with Gasteiger partial charge < -0.3 is 27.8 Å². The summed E-state index contributed by atoms with van der Waals surface area (Å²) in [6, 6.07) is 0. The molecule has 2 aliphatic rings. The lowest BCUT2D eigenvalue weighted by molar-refractivity contribution is -0.117. The third-order valence-corrected chi connectivity index (χ3v) is 11.7. The molecule has 6 nitrogen and oxygen atoms in total. The largest absolute Gasteiger partial charge is 0.398 e. The minimum atomic E-state index is -2.92. The first-order valence-electron chi connectivity index (χ1n) is 13.6. The van der Waals surface area contributed by atoms with Gasteiger partial charge in [-0.3, -0.25) is 0 Å². The van der Waals surface area contributed by atoms with E-state index in [9.17, 15) is 0 Å². The smallest absolute Gasteiger partial charge is 0.389 e. The van der Waals surface area contributed by atoms with Crippen LogP contribution >= 0.6 is 0 Å². The molecule has 0 aromatic rings. The van der Waals surface area contributed by atoms with Gasteiger partial charge >= 0.3 is 8.56 Å². The molecule has 2 fully saturated rings. The molecule has 0 bridgehead atoms. The number of hydrogen-bond acceptors (Lipinski definition) is 6. The van der Waals surface area contributed by atoms with E-state index in [-0.39, 0.29) is 23.7 Å². The van der Waals surface area contributed by atoms with Crippen LogP contribution in [-0.4, -0.2) is 70.9 Å². The van der Waals surface area contributed by atoms with E-state index in [1.807, 2.05) is 0 Å². The molecule has 0 aromatic heterocycles. The molecular formula is C26H52O6Si. The van der Waals surface area contributed by atoms with Crippen LogP contribution in [0.2, 0.25) is 0 Å². The number of rotatable bonds is 18. The maximum absolute atomic E-state index is 6.79. The van der Waals surface area contributed by atoms with E-state index in [2.05, 4.69) is 55.4 Å². The highest BCUT2D eigenvalue weighted by atomic mass is 28.4. The van der Waals surface area contributed by atoms with Crippen LogP contribution in [0, 0.1) is 11.8 Å². The highest BCUT2D eigenvalue weighted by Gasteiger charge is 2.55. The van der Waals surface area contributed by atoms with Gasteiger partial charge in [-0.15, -0.1) is 0 Å². The summed E-state index contributed by atoms with van der Waals surface area (Å²) in [5.41, 5.74) is -0.192. The number of ether oxygens (including phenoxy) is 4. The lowest BCUT2D eigenvalue weighted by atomic mass is 9.95. The number of hydrogen-bond donors (Lipinski definition) is 0. The second-order valence-corrected chi connectivity index (χ2v) is 13.4. The van der Waals surface area contributed by atoms with Gasteiger partial charge in [0, 0.05) is 37.3 Å². The van der Waals surface area contributed by atoms with Crippen molar-refractivity contribution in [1.29, 1.82) is 0 Å². The van der Waals surface area contributed by atoms with Gasteiger partial charge in [0.1, 0.15) is 11.5 Å². The Morgan fingerprint density at radius 3 is 1.24 bits per heavy atom. The molecule has 2 rings (SSSR count). The monoisotopic (exact) mass is 488 g/mol. The Hall–Kier alpha value is -0.0231. The van der Waals surface area contributed by atoms with Crippen LogP contribution in [0.1, 0.15) is 93.9 Å². The van der Waals surface area contributed by atoms with Crippen molar-refractivity contribution < 1.29 is 27.8 Å². The molecule has 0 radical (unpaired) electrons. The van der Waals surface area contributed by atoms with Gasteiger partial charge in [0.25, 0.3) is 0 Å². The van der Waals surface area contributed by atoms with Crippen LogP contribution in [0.3, 0.4) is 0 Å². The summed E-state index contributed by atoms with van der Waals surface area (Å²) in [5, 5.41) is 0. The fourth-order valence-corrected chi connectivity index (χ4v) is 9.37. The van der Waals surface area contributed by atoms with Gasteiger partial charge in [0.05, 0.1) is 25.4 Å². The topological polar surface area (TPSA) is 55.4 Å². The summed E-state index contributed by atoms with van der Waals surface area (Å²) in [5.74, 6) is 0.831. The lowest BCUT2D eigenvalue weighted by Gasteiger charge is -2.45. The summed E-state index contributed by atoms with van der Waals surface area (Å²) < 4.78 is 38.5. The zero-order valence-electron chi connectivity index (χ0n) is 22.6. The van der Waals surface area contributed by atoms with Crippen molar-refractivity contribution >= 4 is 8.56 Å². The van der Waals surface area contributed by atoms with Crippen LogP contribution in [0.25, 0.3) is 0 Å². The van der Waals surface area contributed by atoms with E-state index >= 15 is 0 Å². The summed E-state index contributed by atoms with van der Waals surface area (Å²) in [6.07, 6.45) is 6.80. The predicted molar refractivity (Wildman–Crippen MR) is 135 cm³/mol. The first-order chi connectivity index (χ1) is 15.8. The molecule has 7 heteroatoms. The van der Waals surface area contributed by atoms with Gasteiger partial charge in [-0.05, 0) is 66.2 Å². The third-order valence-electron chi connectivity index (χ3n) is 7.07. The van der Waals surface area contributed by atoms with Crippen molar-refractivity contribution in [2.45, 2.75) is 130 Å². The molecule has 2 heterocycles. The van der Waals surface area contributed by atoms with Crippen molar-refractivity contribution in [3.05, 3.63) is 0 Å². The zero-order chi connectivity index (χ0) is 24.4. The summed E-state index contributed by atoms with van der Waals surface area (Å²) in [6.45, 7) is 20.3. The second kappa shape index (κ2) is 14.5. The van der Waals surface area contributed by atoms with Crippen LogP contribution in [-0.2, 0) is 27.8 Å². The van der Waals surface area contributed by atoms with E-state index in [1.54, 1.807) is 0 Å². The van der Waals surface area contributed by atoms with Gasteiger partial charge in [-0.1, -0.05) is 27.7 Å². The Bertz CT molecular complexity index is 477. The molecule has 0 N–H and O–H groups in total. The molecule has 0 spiro atoms. The molecule has 6 unspecified atom stereocenters. The van der Waals surface area contributed by atoms with Crippen LogP contribution in [0.4, 0.5) is 0 Å². The lowest BCUT2D eigenvalue weighted by Crippen LogP contribution is -2.66. The maximum atomic E-state index is 6.79. The fourth-order valence-electron chi connectivity index (χ4n) is 5.02. The first-order valence-corrected chi connectivity index (χ1v) is 15.6. The molecule has 6 atom stereocenters. The Morgan fingerprint density at radius 1 is 0.667 bits per heavy atom. The van der Waals surface area contributed by atoms with Crippen LogP contribution < -0.4 is 0 Å². The van der Waals surface area contributed by atoms with E-state index in [1.165, 1.54) is 0 Å². The Balaban J connectivity index is 2.23. The van der Waals surface area contributed by atoms with Gasteiger partial charge in [0.15, 0.2) is 0 Å². The maximum Gasteiger partial charge on any atom is 0.398 e. The first kappa shape index (κ1) is 29.2. The molecule has 2 saturated heterocycles. The average Bonchev–Trinajstić information content (AvgIpc) is 2.68. The van der Waals surface area contributed by atoms with Crippen LogP contribution in [0.5, 0.6) is 0 Å². The Labute approximate surface area is 204 Å². The standard InChI is InChI=1S/C26H52O6Si/c1-9-21(23-13-15-27-23)17-29-25(11-3)33(31-19(5)6,32-20(7)8)26(12-4)30-18-22(10-2)24-14-16-28-24/h19-26H,9-18H2,1-8H3. The second-order valence-electron chi connectivity index (χ2n) is 10.2. The van der Waals surface area contributed by atoms with E-state index in [0.717, 1.165) is 51.7 Å². The summed E-state index contributed by atoms with van der Waals surface area (Å²) in [4.78, 5) is 0. The van der Waals surface area contributed by atoms with Gasteiger partial charge in [0.2, 0.25) is 0 Å². The summed E-state index contributed by atoms with van der Waals surface area (Å²) in [7, 11) is -2.92. The van der Waals surface area contributed by atoms with Crippen LogP contribution in [0.15, 0.2) is 0 Å². The van der Waals surface area contributed by atoms with Crippen molar-refractivity contribution in [2.75, 3.05) is 26.4 Å². The molecule has 0 aliphatic carbocycles.